The molecule has 3 nitrogen and oxygen atoms in total. The molecule has 2 N–H and O–H groups in total. The topological polar surface area (TPSA) is 32.5 Å². The third kappa shape index (κ3) is 3.15. The third-order valence-corrected chi connectivity index (χ3v) is 5.02. The second kappa shape index (κ2) is 6.15. The van der Waals surface area contributed by atoms with Gasteiger partial charge >= 0.3 is 0 Å². The number of hydrogen-bond acceptors (Lipinski definition) is 3. The molecule has 1 unspecified atom stereocenters. The minimum Gasteiger partial charge on any atom is -0.399 e. The fourth-order valence-corrected chi connectivity index (χ4v) is 3.67. The number of likely N-dealkylation sites (tertiary alicyclic amines) is 1. The average molecular weight is 273 g/mol. The zero-order valence-electron chi connectivity index (χ0n) is 12.6. The van der Waals surface area contributed by atoms with Gasteiger partial charge < -0.3 is 10.6 Å². The minimum absolute atomic E-state index is 0.797. The Labute approximate surface area is 122 Å². The molecule has 1 atom stereocenters. The number of fused-ring (bicyclic) bond motifs is 1. The van der Waals surface area contributed by atoms with Crippen LogP contribution in [0, 0.1) is 0 Å². The summed E-state index contributed by atoms with van der Waals surface area (Å²) in [6.45, 7) is 4.79. The summed E-state index contributed by atoms with van der Waals surface area (Å²) in [5.41, 5.74) is 9.74. The number of nitrogen functional groups attached to an aromatic ring is 1. The van der Waals surface area contributed by atoms with E-state index < -0.39 is 0 Å². The van der Waals surface area contributed by atoms with Crippen LogP contribution in [0.1, 0.15) is 36.8 Å². The van der Waals surface area contributed by atoms with Crippen molar-refractivity contribution in [3.8, 4) is 0 Å². The summed E-state index contributed by atoms with van der Waals surface area (Å²) in [6, 6.07) is 7.20. The fourth-order valence-electron chi connectivity index (χ4n) is 3.67. The van der Waals surface area contributed by atoms with Crippen LogP contribution in [0.2, 0.25) is 0 Å². The number of nitrogens with two attached hydrogens (primary N) is 1. The van der Waals surface area contributed by atoms with Gasteiger partial charge in [0, 0.05) is 24.8 Å². The summed E-state index contributed by atoms with van der Waals surface area (Å²) in [5.74, 6) is 0. The maximum absolute atomic E-state index is 5.91. The largest absolute Gasteiger partial charge is 0.399 e. The van der Waals surface area contributed by atoms with Gasteiger partial charge in [-0.15, -0.1) is 0 Å². The Bertz CT molecular complexity index is 458. The van der Waals surface area contributed by atoms with Crippen LogP contribution in [0.15, 0.2) is 18.2 Å². The Kier molecular flexibility index (Phi) is 4.27. The molecule has 0 aliphatic carbocycles. The Hall–Kier alpha value is -1.06. The molecule has 2 aliphatic rings. The van der Waals surface area contributed by atoms with Crippen molar-refractivity contribution in [2.45, 2.75) is 44.7 Å². The molecule has 0 spiro atoms. The third-order valence-electron chi connectivity index (χ3n) is 5.02. The quantitative estimate of drug-likeness (QED) is 0.859. The van der Waals surface area contributed by atoms with E-state index in [4.69, 9.17) is 5.73 Å². The van der Waals surface area contributed by atoms with Crippen molar-refractivity contribution in [1.82, 2.24) is 9.80 Å². The van der Waals surface area contributed by atoms with Crippen LogP contribution >= 0.6 is 0 Å². The van der Waals surface area contributed by atoms with Crippen LogP contribution in [0.5, 0.6) is 0 Å². The number of benzene rings is 1. The first kappa shape index (κ1) is 13.9. The fraction of sp³-hybridized carbons (Fsp3) is 0.647. The summed E-state index contributed by atoms with van der Waals surface area (Å²) in [4.78, 5) is 5.16. The van der Waals surface area contributed by atoms with Crippen LogP contribution in [-0.4, -0.2) is 42.5 Å². The smallest absolute Gasteiger partial charge is 0.0317 e. The van der Waals surface area contributed by atoms with Gasteiger partial charge in [-0.05, 0) is 69.1 Å². The summed E-state index contributed by atoms with van der Waals surface area (Å²) >= 11 is 0. The molecule has 0 saturated carbocycles. The van der Waals surface area contributed by atoms with Crippen molar-refractivity contribution in [1.29, 1.82) is 0 Å². The minimum atomic E-state index is 0.797. The Morgan fingerprint density at radius 3 is 2.95 bits per heavy atom. The van der Waals surface area contributed by atoms with Gasteiger partial charge in [-0.1, -0.05) is 12.5 Å². The second-order valence-corrected chi connectivity index (χ2v) is 6.47. The van der Waals surface area contributed by atoms with E-state index in [1.165, 1.54) is 62.9 Å². The SMILES string of the molecule is CN1CCCCC1CCN1CCc2ccc(N)cc2C1. The first-order valence-corrected chi connectivity index (χ1v) is 8.02. The van der Waals surface area contributed by atoms with E-state index in [1.54, 1.807) is 0 Å². The summed E-state index contributed by atoms with van der Waals surface area (Å²) in [6.07, 6.45) is 6.66. The average Bonchev–Trinajstić information content (AvgIpc) is 2.46. The molecule has 2 heterocycles. The zero-order valence-corrected chi connectivity index (χ0v) is 12.6. The van der Waals surface area contributed by atoms with E-state index in [9.17, 15) is 0 Å². The number of anilines is 1. The van der Waals surface area contributed by atoms with E-state index in [-0.39, 0.29) is 0 Å². The Balaban J connectivity index is 1.55. The van der Waals surface area contributed by atoms with Crippen molar-refractivity contribution in [3.05, 3.63) is 29.3 Å². The molecule has 0 amide bonds. The molecule has 1 fully saturated rings. The Morgan fingerprint density at radius 1 is 1.20 bits per heavy atom. The van der Waals surface area contributed by atoms with Crippen LogP contribution in [-0.2, 0) is 13.0 Å². The lowest BCUT2D eigenvalue weighted by Crippen LogP contribution is -2.40. The van der Waals surface area contributed by atoms with Gasteiger partial charge in [0.15, 0.2) is 0 Å². The lowest BCUT2D eigenvalue weighted by molar-refractivity contribution is 0.149. The predicted molar refractivity (Wildman–Crippen MR) is 84.7 cm³/mol. The highest BCUT2D eigenvalue weighted by molar-refractivity contribution is 5.45. The monoisotopic (exact) mass is 273 g/mol. The molecule has 2 aliphatic heterocycles. The number of hydrogen-bond donors (Lipinski definition) is 1. The highest BCUT2D eigenvalue weighted by Crippen LogP contribution is 2.23. The molecule has 0 aromatic heterocycles. The molecule has 20 heavy (non-hydrogen) atoms. The molecule has 1 saturated heterocycles. The standard InChI is InChI=1S/C17H27N3/c1-19-9-3-2-4-17(19)8-11-20-10-7-14-5-6-16(18)12-15(14)13-20/h5-6,12,17H,2-4,7-11,13,18H2,1H3. The van der Waals surface area contributed by atoms with Crippen LogP contribution in [0.25, 0.3) is 0 Å². The zero-order chi connectivity index (χ0) is 13.9. The van der Waals surface area contributed by atoms with E-state index in [0.29, 0.717) is 0 Å². The van der Waals surface area contributed by atoms with Crippen LogP contribution in [0.4, 0.5) is 5.69 Å². The van der Waals surface area contributed by atoms with Gasteiger partial charge in [-0.2, -0.15) is 0 Å². The van der Waals surface area contributed by atoms with Gasteiger partial charge in [0.2, 0.25) is 0 Å². The van der Waals surface area contributed by atoms with Gasteiger partial charge in [-0.25, -0.2) is 0 Å². The number of piperidine rings is 1. The van der Waals surface area contributed by atoms with E-state index in [2.05, 4.69) is 29.0 Å². The first-order valence-electron chi connectivity index (χ1n) is 8.02. The van der Waals surface area contributed by atoms with E-state index in [1.807, 2.05) is 6.07 Å². The normalized spacial score (nSPS) is 24.6. The molecular formula is C17H27N3. The lowest BCUT2D eigenvalue weighted by Gasteiger charge is -2.35. The van der Waals surface area contributed by atoms with Gasteiger partial charge in [0.1, 0.15) is 0 Å². The van der Waals surface area contributed by atoms with Crippen molar-refractivity contribution in [2.75, 3.05) is 32.4 Å². The first-order chi connectivity index (χ1) is 9.72. The number of rotatable bonds is 3. The van der Waals surface area contributed by atoms with Crippen molar-refractivity contribution in [3.63, 3.8) is 0 Å². The number of nitrogens with zero attached hydrogens (tertiary/aromatic N) is 2. The second-order valence-electron chi connectivity index (χ2n) is 6.47. The maximum atomic E-state index is 5.91. The van der Waals surface area contributed by atoms with E-state index >= 15 is 0 Å². The summed E-state index contributed by atoms with van der Waals surface area (Å²) in [7, 11) is 2.29. The van der Waals surface area contributed by atoms with Gasteiger partial charge in [0.25, 0.3) is 0 Å². The molecule has 1 aromatic carbocycles. The molecule has 3 heteroatoms. The van der Waals surface area contributed by atoms with Gasteiger partial charge in [-0.3, -0.25) is 4.90 Å². The lowest BCUT2D eigenvalue weighted by atomic mass is 9.97. The van der Waals surface area contributed by atoms with Crippen LogP contribution < -0.4 is 5.73 Å². The van der Waals surface area contributed by atoms with Crippen LogP contribution in [0.3, 0.4) is 0 Å². The highest BCUT2D eigenvalue weighted by atomic mass is 15.2. The summed E-state index contributed by atoms with van der Waals surface area (Å²) in [5, 5.41) is 0. The molecular weight excluding hydrogens is 246 g/mol. The molecule has 0 radical (unpaired) electrons. The highest BCUT2D eigenvalue weighted by Gasteiger charge is 2.21. The van der Waals surface area contributed by atoms with Crippen molar-refractivity contribution < 1.29 is 0 Å². The molecule has 1 aromatic rings. The Morgan fingerprint density at radius 2 is 2.10 bits per heavy atom. The van der Waals surface area contributed by atoms with Gasteiger partial charge in [0.05, 0.1) is 0 Å². The maximum Gasteiger partial charge on any atom is 0.0317 e. The van der Waals surface area contributed by atoms with Crippen molar-refractivity contribution >= 4 is 5.69 Å². The summed E-state index contributed by atoms with van der Waals surface area (Å²) < 4.78 is 0. The molecule has 3 rings (SSSR count). The predicted octanol–water partition coefficient (Wildman–Crippen LogP) is 2.50. The van der Waals surface area contributed by atoms with E-state index in [0.717, 1.165) is 18.3 Å². The molecule has 110 valence electrons. The van der Waals surface area contributed by atoms with Crippen molar-refractivity contribution in [2.24, 2.45) is 0 Å². The molecule has 0 bridgehead atoms.